The van der Waals surface area contributed by atoms with Gasteiger partial charge in [-0.3, -0.25) is 0 Å². The van der Waals surface area contributed by atoms with Gasteiger partial charge in [0.05, 0.1) is 12.8 Å². The Balaban J connectivity index is 1.58. The summed E-state index contributed by atoms with van der Waals surface area (Å²) < 4.78 is 10.7. The number of ether oxygens (including phenoxy) is 2. The molecule has 0 aliphatic rings. The summed E-state index contributed by atoms with van der Waals surface area (Å²) in [5, 5.41) is 17.1. The fraction of sp³-hybridized carbons (Fsp3) is 0.118. The maximum absolute atomic E-state index is 11.9. The zero-order valence-electron chi connectivity index (χ0n) is 13.3. The second-order valence-electron chi connectivity index (χ2n) is 4.99. The first-order chi connectivity index (χ1) is 12.2. The van der Waals surface area contributed by atoms with Crippen molar-refractivity contribution >= 4 is 28.1 Å². The number of benzene rings is 1. The van der Waals surface area contributed by atoms with Crippen LogP contribution in [0.4, 0.5) is 10.8 Å². The lowest BCUT2D eigenvalue weighted by Gasteiger charge is -2.04. The summed E-state index contributed by atoms with van der Waals surface area (Å²) in [6, 6.07) is 12.0. The second kappa shape index (κ2) is 7.63. The molecule has 0 radical (unpaired) electrons. The maximum Gasteiger partial charge on any atom is 0.405 e. The molecular weight excluding hydrogens is 342 g/mol. The monoisotopic (exact) mass is 357 g/mol. The summed E-state index contributed by atoms with van der Waals surface area (Å²) in [5.41, 5.74) is 1.41. The number of rotatable bonds is 6. The number of aromatic nitrogens is 2. The number of pyridine rings is 1. The number of esters is 1. The molecule has 0 aliphatic carbocycles. The molecule has 0 atom stereocenters. The van der Waals surface area contributed by atoms with Gasteiger partial charge in [0.1, 0.15) is 12.4 Å². The number of hydrogen-bond donors (Lipinski definition) is 1. The molecule has 0 amide bonds. The lowest BCUT2D eigenvalue weighted by atomic mass is 10.3. The third kappa shape index (κ3) is 4.24. The van der Waals surface area contributed by atoms with Crippen molar-refractivity contribution in [3.63, 3.8) is 0 Å². The van der Waals surface area contributed by atoms with Crippen LogP contribution in [0.15, 0.2) is 54.0 Å². The Labute approximate surface area is 148 Å². The summed E-state index contributed by atoms with van der Waals surface area (Å²) in [6.07, 6.45) is 1.25. The van der Waals surface area contributed by atoms with Crippen molar-refractivity contribution in [1.82, 2.24) is 4.98 Å². The van der Waals surface area contributed by atoms with E-state index >= 15 is 0 Å². The van der Waals surface area contributed by atoms with E-state index in [4.69, 9.17) is 9.47 Å². The summed E-state index contributed by atoms with van der Waals surface area (Å²) >= 11 is 1.39. The number of hydrogen-bond acceptors (Lipinski definition) is 7. The molecule has 8 heteroatoms. The Kier molecular flexibility index (Phi) is 5.10. The summed E-state index contributed by atoms with van der Waals surface area (Å²) in [7, 11) is 1.61. The fourth-order valence-electron chi connectivity index (χ4n) is 2.03. The first kappa shape index (κ1) is 16.7. The molecule has 2 aromatic heterocycles. The largest absolute Gasteiger partial charge is 0.618 e. The standard InChI is InChI=1S/C17H15N3O4S/c1-23-14-7-5-12(6-8-14)18-17-19-13(11-25-17)10-24-16(21)15-4-2-3-9-20(15)22/h2-9,11H,10H2,1H3,(H,18,19). The average Bonchev–Trinajstić information content (AvgIpc) is 3.08. The molecule has 25 heavy (non-hydrogen) atoms. The molecule has 1 N–H and O–H groups in total. The first-order valence-electron chi connectivity index (χ1n) is 7.36. The molecule has 7 nitrogen and oxygen atoms in total. The number of anilines is 2. The van der Waals surface area contributed by atoms with Crippen LogP contribution in [0.5, 0.6) is 5.75 Å². The van der Waals surface area contributed by atoms with Crippen LogP contribution in [0.25, 0.3) is 0 Å². The van der Waals surface area contributed by atoms with E-state index < -0.39 is 5.97 Å². The van der Waals surface area contributed by atoms with Crippen molar-refractivity contribution in [3.8, 4) is 5.75 Å². The van der Waals surface area contributed by atoms with Gasteiger partial charge < -0.3 is 20.0 Å². The Morgan fingerprint density at radius 1 is 1.28 bits per heavy atom. The van der Waals surface area contributed by atoms with E-state index in [2.05, 4.69) is 10.3 Å². The normalized spacial score (nSPS) is 10.3. The quantitative estimate of drug-likeness (QED) is 0.415. The number of nitrogens with zero attached hydrogens (tertiary/aromatic N) is 2. The number of carbonyl (C=O) groups is 1. The molecule has 0 saturated carbocycles. The lowest BCUT2D eigenvalue weighted by molar-refractivity contribution is -0.608. The minimum Gasteiger partial charge on any atom is -0.618 e. The Morgan fingerprint density at radius 2 is 2.08 bits per heavy atom. The van der Waals surface area contributed by atoms with Crippen molar-refractivity contribution in [1.29, 1.82) is 0 Å². The van der Waals surface area contributed by atoms with Gasteiger partial charge in [-0.25, -0.2) is 9.78 Å². The molecule has 0 unspecified atom stereocenters. The van der Waals surface area contributed by atoms with Crippen molar-refractivity contribution in [3.05, 3.63) is 70.6 Å². The fourth-order valence-corrected chi connectivity index (χ4v) is 2.74. The van der Waals surface area contributed by atoms with E-state index in [0.717, 1.165) is 11.4 Å². The zero-order valence-corrected chi connectivity index (χ0v) is 14.2. The highest BCUT2D eigenvalue weighted by atomic mass is 32.1. The minimum absolute atomic E-state index is 0.00544. The van der Waals surface area contributed by atoms with Crippen LogP contribution in [0.2, 0.25) is 0 Å². The SMILES string of the molecule is COc1ccc(Nc2nc(COC(=O)c3cccc[n+]3[O-])cs2)cc1. The molecule has 0 aliphatic heterocycles. The Hall–Kier alpha value is -3.13. The molecule has 0 spiro atoms. The van der Waals surface area contributed by atoms with Crippen LogP contribution in [0.3, 0.4) is 0 Å². The van der Waals surface area contributed by atoms with Crippen LogP contribution in [0.1, 0.15) is 16.2 Å². The van der Waals surface area contributed by atoms with Crippen molar-refractivity contribution in [2.45, 2.75) is 6.61 Å². The van der Waals surface area contributed by atoms with E-state index in [1.54, 1.807) is 24.6 Å². The topological polar surface area (TPSA) is 87.4 Å². The van der Waals surface area contributed by atoms with Crippen molar-refractivity contribution < 1.29 is 19.0 Å². The molecule has 0 bridgehead atoms. The van der Waals surface area contributed by atoms with Gasteiger partial charge in [0.25, 0.3) is 0 Å². The highest BCUT2D eigenvalue weighted by Gasteiger charge is 2.17. The first-order valence-corrected chi connectivity index (χ1v) is 8.24. The molecule has 3 aromatic rings. The third-order valence-electron chi connectivity index (χ3n) is 3.28. The van der Waals surface area contributed by atoms with Gasteiger partial charge in [0.2, 0.25) is 0 Å². The van der Waals surface area contributed by atoms with Crippen molar-refractivity contribution in [2.24, 2.45) is 0 Å². The molecule has 2 heterocycles. The molecule has 3 rings (SSSR count). The number of thiazole rings is 1. The molecular formula is C17H15N3O4S. The van der Waals surface area contributed by atoms with Crippen molar-refractivity contribution in [2.75, 3.05) is 12.4 Å². The van der Waals surface area contributed by atoms with E-state index in [1.165, 1.54) is 23.6 Å². The smallest absolute Gasteiger partial charge is 0.405 e. The third-order valence-corrected chi connectivity index (χ3v) is 4.08. The minimum atomic E-state index is -0.687. The van der Waals surface area contributed by atoms with Gasteiger partial charge in [-0.2, -0.15) is 4.73 Å². The lowest BCUT2D eigenvalue weighted by Crippen LogP contribution is -2.34. The van der Waals surface area contributed by atoms with Crippen LogP contribution < -0.4 is 14.8 Å². The van der Waals surface area contributed by atoms with Gasteiger partial charge in [-0.05, 0) is 30.3 Å². The summed E-state index contributed by atoms with van der Waals surface area (Å²) in [5.74, 6) is 0.0853. The highest BCUT2D eigenvalue weighted by molar-refractivity contribution is 7.13. The van der Waals surface area contributed by atoms with E-state index in [1.807, 2.05) is 24.3 Å². The van der Waals surface area contributed by atoms with E-state index in [9.17, 15) is 10.0 Å². The predicted molar refractivity (Wildman–Crippen MR) is 92.9 cm³/mol. The number of methoxy groups -OCH3 is 1. The van der Waals surface area contributed by atoms with Crippen LogP contribution >= 0.6 is 11.3 Å². The van der Waals surface area contributed by atoms with Crippen LogP contribution in [-0.2, 0) is 11.3 Å². The van der Waals surface area contributed by atoms with Crippen LogP contribution in [-0.4, -0.2) is 18.1 Å². The van der Waals surface area contributed by atoms with E-state index in [0.29, 0.717) is 15.6 Å². The van der Waals surface area contributed by atoms with Gasteiger partial charge in [0.15, 0.2) is 11.3 Å². The average molecular weight is 357 g/mol. The highest BCUT2D eigenvalue weighted by Crippen LogP contribution is 2.23. The van der Waals surface area contributed by atoms with Crippen LogP contribution in [0, 0.1) is 5.21 Å². The molecule has 0 saturated heterocycles. The molecule has 1 aromatic carbocycles. The zero-order chi connectivity index (χ0) is 17.6. The van der Waals surface area contributed by atoms with Gasteiger partial charge in [0, 0.05) is 23.2 Å². The summed E-state index contributed by atoms with van der Waals surface area (Å²) in [6.45, 7) is -0.00544. The summed E-state index contributed by atoms with van der Waals surface area (Å²) in [4.78, 5) is 16.3. The van der Waals surface area contributed by atoms with E-state index in [-0.39, 0.29) is 12.3 Å². The predicted octanol–water partition coefficient (Wildman–Crippen LogP) is 2.89. The van der Waals surface area contributed by atoms with Gasteiger partial charge >= 0.3 is 11.7 Å². The number of carbonyl (C=O) groups excluding carboxylic acids is 1. The number of nitrogens with one attached hydrogen (secondary N) is 1. The van der Waals surface area contributed by atoms with Gasteiger partial charge in [-0.1, -0.05) is 0 Å². The second-order valence-corrected chi connectivity index (χ2v) is 5.84. The Morgan fingerprint density at radius 3 is 2.80 bits per heavy atom. The van der Waals surface area contributed by atoms with Gasteiger partial charge in [-0.15, -0.1) is 11.3 Å². The maximum atomic E-state index is 11.9. The molecule has 0 fully saturated rings. The molecule has 128 valence electrons. The Bertz CT molecular complexity index is 864.